The van der Waals surface area contributed by atoms with E-state index in [9.17, 15) is 13.2 Å². The van der Waals surface area contributed by atoms with Crippen LogP contribution in [0.1, 0.15) is 27.9 Å². The van der Waals surface area contributed by atoms with Gasteiger partial charge in [-0.2, -0.15) is 0 Å². The van der Waals surface area contributed by atoms with Crippen molar-refractivity contribution in [3.8, 4) is 0 Å². The number of halogens is 2. The number of aromatic nitrogens is 1. The quantitative estimate of drug-likeness (QED) is 0.800. The predicted molar refractivity (Wildman–Crippen MR) is 92.7 cm³/mol. The van der Waals surface area contributed by atoms with Gasteiger partial charge in [-0.1, -0.05) is 6.92 Å². The lowest BCUT2D eigenvalue weighted by molar-refractivity contribution is 0.0696. The minimum absolute atomic E-state index is 0. The maximum Gasteiger partial charge on any atom is 0.335 e. The first-order valence-electron chi connectivity index (χ1n) is 6.15. The van der Waals surface area contributed by atoms with Crippen LogP contribution in [0, 0.1) is 0 Å². The second-order valence-electron chi connectivity index (χ2n) is 4.30. The molecule has 0 unspecified atom stereocenters. The summed E-state index contributed by atoms with van der Waals surface area (Å²) in [4.78, 5) is 15.0. The summed E-state index contributed by atoms with van der Waals surface area (Å²) in [6, 6.07) is 4.13. The van der Waals surface area contributed by atoms with Gasteiger partial charge in [0.05, 0.1) is 16.7 Å². The third-order valence-corrected chi connectivity index (χ3v) is 6.12. The van der Waals surface area contributed by atoms with E-state index in [2.05, 4.69) is 4.98 Å². The summed E-state index contributed by atoms with van der Waals surface area (Å²) in [5.74, 6) is -1.16. The molecule has 1 aromatic heterocycles. The molecule has 1 heterocycles. The zero-order chi connectivity index (χ0) is 15.6. The molecule has 0 atom stereocenters. The number of thiazole rings is 1. The minimum atomic E-state index is -3.78. The molecule has 0 bridgehead atoms. The molecule has 2 aromatic rings. The van der Waals surface area contributed by atoms with Crippen LogP contribution >= 0.6 is 36.2 Å². The van der Waals surface area contributed by atoms with Crippen LogP contribution in [0.15, 0.2) is 33.5 Å². The number of hydrogen-bond donors (Lipinski definition) is 2. The molecule has 0 saturated carbocycles. The molecule has 0 amide bonds. The molecule has 2 rings (SSSR count). The molecular formula is C13H16Cl2N2O4S2. The SMILES string of the molecule is CCc1cc(C(=O)O)cc(S(=O)(=O)c2cnc(CN)s2)c1.Cl.Cl. The average molecular weight is 399 g/mol. The van der Waals surface area contributed by atoms with Crippen molar-refractivity contribution in [2.75, 3.05) is 0 Å². The van der Waals surface area contributed by atoms with Gasteiger partial charge in [-0.3, -0.25) is 0 Å². The molecule has 10 heteroatoms. The number of aryl methyl sites for hydroxylation is 1. The second-order valence-corrected chi connectivity index (χ2v) is 7.60. The van der Waals surface area contributed by atoms with E-state index in [0.717, 1.165) is 11.3 Å². The number of carbonyl (C=O) groups is 1. The van der Waals surface area contributed by atoms with E-state index in [1.54, 1.807) is 0 Å². The molecular weight excluding hydrogens is 383 g/mol. The Kier molecular flexibility index (Phi) is 8.16. The first-order chi connectivity index (χ1) is 9.88. The second kappa shape index (κ2) is 8.60. The van der Waals surface area contributed by atoms with E-state index < -0.39 is 15.8 Å². The van der Waals surface area contributed by atoms with Gasteiger partial charge in [0.2, 0.25) is 9.84 Å². The van der Waals surface area contributed by atoms with Gasteiger partial charge >= 0.3 is 5.97 Å². The van der Waals surface area contributed by atoms with Crippen LogP contribution in [0.3, 0.4) is 0 Å². The lowest BCUT2D eigenvalue weighted by Crippen LogP contribution is -2.05. The molecule has 3 N–H and O–H groups in total. The van der Waals surface area contributed by atoms with Crippen molar-refractivity contribution in [1.82, 2.24) is 4.98 Å². The molecule has 0 aliphatic carbocycles. The highest BCUT2D eigenvalue weighted by molar-refractivity contribution is 7.93. The molecule has 128 valence electrons. The highest BCUT2D eigenvalue weighted by Crippen LogP contribution is 2.27. The molecule has 23 heavy (non-hydrogen) atoms. The topological polar surface area (TPSA) is 110 Å². The first-order valence-corrected chi connectivity index (χ1v) is 8.45. The van der Waals surface area contributed by atoms with Gasteiger partial charge in [0.15, 0.2) is 0 Å². The molecule has 0 saturated heterocycles. The van der Waals surface area contributed by atoms with Crippen LogP contribution in [-0.2, 0) is 22.8 Å². The Bertz CT molecular complexity index is 791. The van der Waals surface area contributed by atoms with Crippen LogP contribution in [0.4, 0.5) is 0 Å². The van der Waals surface area contributed by atoms with Gasteiger partial charge in [-0.25, -0.2) is 18.2 Å². The number of nitrogens with zero attached hydrogens (tertiary/aromatic N) is 1. The largest absolute Gasteiger partial charge is 0.478 e. The average Bonchev–Trinajstić information content (AvgIpc) is 2.96. The summed E-state index contributed by atoms with van der Waals surface area (Å²) < 4.78 is 25.1. The number of aromatic carboxylic acids is 1. The number of hydrogen-bond acceptors (Lipinski definition) is 6. The Morgan fingerprint density at radius 2 is 1.96 bits per heavy atom. The Hall–Kier alpha value is -1.19. The Morgan fingerprint density at radius 1 is 1.30 bits per heavy atom. The molecule has 6 nitrogen and oxygen atoms in total. The van der Waals surface area contributed by atoms with Crippen LogP contribution in [0.25, 0.3) is 0 Å². The number of rotatable bonds is 5. The summed E-state index contributed by atoms with van der Waals surface area (Å²) in [6.07, 6.45) is 1.79. The molecule has 0 aliphatic heterocycles. The van der Waals surface area contributed by atoms with Crippen molar-refractivity contribution >= 4 is 52.0 Å². The normalized spacial score (nSPS) is 10.5. The maximum atomic E-state index is 12.5. The van der Waals surface area contributed by atoms with Crippen LogP contribution in [0.5, 0.6) is 0 Å². The van der Waals surface area contributed by atoms with Gasteiger partial charge in [0.1, 0.15) is 9.22 Å². The summed E-state index contributed by atoms with van der Waals surface area (Å²) in [5.41, 5.74) is 6.04. The van der Waals surface area contributed by atoms with Crippen molar-refractivity contribution in [1.29, 1.82) is 0 Å². The zero-order valence-electron chi connectivity index (χ0n) is 12.1. The van der Waals surface area contributed by atoms with Crippen molar-refractivity contribution < 1.29 is 18.3 Å². The van der Waals surface area contributed by atoms with Crippen molar-refractivity contribution in [2.24, 2.45) is 5.73 Å². The van der Waals surface area contributed by atoms with Gasteiger partial charge in [0.25, 0.3) is 0 Å². The van der Waals surface area contributed by atoms with E-state index >= 15 is 0 Å². The first kappa shape index (κ1) is 21.8. The third-order valence-electron chi connectivity index (χ3n) is 2.90. The molecule has 0 radical (unpaired) electrons. The van der Waals surface area contributed by atoms with Gasteiger partial charge in [-0.15, -0.1) is 36.2 Å². The Balaban J connectivity index is 0.00000242. The van der Waals surface area contributed by atoms with E-state index in [1.165, 1.54) is 24.4 Å². The Morgan fingerprint density at radius 3 is 2.43 bits per heavy atom. The van der Waals surface area contributed by atoms with E-state index in [-0.39, 0.29) is 46.0 Å². The van der Waals surface area contributed by atoms with Crippen LogP contribution in [-0.4, -0.2) is 24.5 Å². The van der Waals surface area contributed by atoms with E-state index in [1.807, 2.05) is 6.92 Å². The number of carboxylic acid groups (broad SMARTS) is 1. The van der Waals surface area contributed by atoms with Crippen LogP contribution < -0.4 is 5.73 Å². The smallest absolute Gasteiger partial charge is 0.335 e. The van der Waals surface area contributed by atoms with Crippen molar-refractivity contribution in [3.05, 3.63) is 40.5 Å². The van der Waals surface area contributed by atoms with Gasteiger partial charge in [0, 0.05) is 6.54 Å². The Labute approximate surface area is 150 Å². The lowest BCUT2D eigenvalue weighted by atomic mass is 10.1. The summed E-state index contributed by atoms with van der Waals surface area (Å²) in [7, 11) is -3.78. The highest BCUT2D eigenvalue weighted by atomic mass is 35.5. The van der Waals surface area contributed by atoms with Crippen LogP contribution in [0.2, 0.25) is 0 Å². The predicted octanol–water partition coefficient (Wildman–Crippen LogP) is 2.54. The summed E-state index contributed by atoms with van der Waals surface area (Å²) in [5, 5.41) is 9.60. The minimum Gasteiger partial charge on any atom is -0.478 e. The lowest BCUT2D eigenvalue weighted by Gasteiger charge is -2.06. The molecule has 1 aromatic carbocycles. The number of benzene rings is 1. The van der Waals surface area contributed by atoms with E-state index in [4.69, 9.17) is 10.8 Å². The maximum absolute atomic E-state index is 12.5. The molecule has 0 spiro atoms. The third kappa shape index (κ3) is 4.65. The number of nitrogens with two attached hydrogens (primary N) is 1. The molecule has 0 aliphatic rings. The van der Waals surface area contributed by atoms with Gasteiger partial charge < -0.3 is 10.8 Å². The van der Waals surface area contributed by atoms with Crippen molar-refractivity contribution in [2.45, 2.75) is 29.0 Å². The van der Waals surface area contributed by atoms with Crippen molar-refractivity contribution in [3.63, 3.8) is 0 Å². The molecule has 0 fully saturated rings. The highest BCUT2D eigenvalue weighted by Gasteiger charge is 2.22. The van der Waals surface area contributed by atoms with Gasteiger partial charge in [-0.05, 0) is 30.2 Å². The fourth-order valence-corrected chi connectivity index (χ4v) is 4.33. The van der Waals surface area contributed by atoms with E-state index in [0.29, 0.717) is 17.0 Å². The zero-order valence-corrected chi connectivity index (χ0v) is 15.3. The summed E-state index contributed by atoms with van der Waals surface area (Å²) in [6.45, 7) is 1.99. The fourth-order valence-electron chi connectivity index (χ4n) is 1.77. The number of sulfone groups is 1. The standard InChI is InChI=1S/C13H14N2O4S2.2ClH/c1-2-8-3-9(13(16)17)5-10(4-8)21(18,19)12-7-15-11(6-14)20-12;;/h3-5,7H,2,6,14H2,1H3,(H,16,17);2*1H. The monoisotopic (exact) mass is 398 g/mol. The summed E-state index contributed by atoms with van der Waals surface area (Å²) >= 11 is 0.991. The number of carboxylic acids is 1. The fraction of sp³-hybridized carbons (Fsp3) is 0.231.